The van der Waals surface area contributed by atoms with Gasteiger partial charge in [0.25, 0.3) is 5.91 Å². The maximum Gasteiger partial charge on any atom is 0.254 e. The number of carbonyl (C=O) groups is 2. The molecule has 1 aromatic rings. The van der Waals surface area contributed by atoms with Crippen molar-refractivity contribution in [3.63, 3.8) is 0 Å². The maximum atomic E-state index is 13.8. The summed E-state index contributed by atoms with van der Waals surface area (Å²) in [5.41, 5.74) is 0.580. The van der Waals surface area contributed by atoms with E-state index < -0.39 is 0 Å². The van der Waals surface area contributed by atoms with Crippen LogP contribution in [0.15, 0.2) is 18.2 Å². The van der Waals surface area contributed by atoms with Gasteiger partial charge in [0.2, 0.25) is 5.91 Å². The molecule has 2 aliphatic heterocycles. The lowest BCUT2D eigenvalue weighted by Crippen LogP contribution is -2.45. The monoisotopic (exact) mass is 575 g/mol. The van der Waals surface area contributed by atoms with E-state index >= 15 is 0 Å². The molecule has 1 N–H and O–H groups in total. The summed E-state index contributed by atoms with van der Waals surface area (Å²) in [6, 6.07) is 5.42. The Balaban J connectivity index is 1.69. The van der Waals surface area contributed by atoms with Crippen LogP contribution in [0.5, 0.6) is 11.5 Å². The molecule has 2 saturated heterocycles. The average Bonchev–Trinajstić information content (AvgIpc) is 3.39. The summed E-state index contributed by atoms with van der Waals surface area (Å²) in [5, 5.41) is 3.54. The van der Waals surface area contributed by atoms with Gasteiger partial charge in [-0.05, 0) is 68.6 Å². The van der Waals surface area contributed by atoms with Crippen molar-refractivity contribution >= 4 is 11.8 Å². The summed E-state index contributed by atoms with van der Waals surface area (Å²) < 4.78 is 22.0. The van der Waals surface area contributed by atoms with Crippen LogP contribution in [0, 0.1) is 23.7 Å². The molecule has 9 nitrogen and oxygen atoms in total. The topological polar surface area (TPSA) is 89.6 Å². The number of nitrogens with zero attached hydrogens (tertiary/aromatic N) is 2. The summed E-state index contributed by atoms with van der Waals surface area (Å²) >= 11 is 0. The summed E-state index contributed by atoms with van der Waals surface area (Å²) in [6.45, 7) is 14.9. The van der Waals surface area contributed by atoms with Gasteiger partial charge in [-0.3, -0.25) is 9.59 Å². The van der Waals surface area contributed by atoms with E-state index in [2.05, 4.69) is 37.9 Å². The number of ether oxygens (including phenoxy) is 4. The molecule has 2 atom stereocenters. The minimum atomic E-state index is -0.0234. The van der Waals surface area contributed by atoms with Gasteiger partial charge in [-0.2, -0.15) is 0 Å². The molecule has 1 aromatic carbocycles. The second-order valence-electron chi connectivity index (χ2n) is 12.2. The van der Waals surface area contributed by atoms with Crippen molar-refractivity contribution in [2.45, 2.75) is 59.4 Å². The summed E-state index contributed by atoms with van der Waals surface area (Å²) in [6.07, 6.45) is 3.28. The summed E-state index contributed by atoms with van der Waals surface area (Å²) in [5.74, 6) is 2.75. The molecule has 9 heteroatoms. The number of carbonyl (C=O) groups excluding carboxylic acids is 2. The molecular weight excluding hydrogens is 522 g/mol. The zero-order valence-electron chi connectivity index (χ0n) is 26.2. The van der Waals surface area contributed by atoms with Gasteiger partial charge >= 0.3 is 0 Å². The highest BCUT2D eigenvalue weighted by Gasteiger charge is 2.34. The Hall–Kier alpha value is -2.36. The fraction of sp³-hybridized carbons (Fsp3) is 0.750. The van der Waals surface area contributed by atoms with E-state index in [1.54, 1.807) is 26.4 Å². The number of hydrogen-bond donors (Lipinski definition) is 1. The Kier molecular flexibility index (Phi) is 13.7. The molecule has 2 heterocycles. The van der Waals surface area contributed by atoms with Crippen LogP contribution in [0.4, 0.5) is 0 Å². The van der Waals surface area contributed by atoms with Crippen molar-refractivity contribution in [2.75, 3.05) is 73.4 Å². The molecule has 3 rings (SSSR count). The van der Waals surface area contributed by atoms with Gasteiger partial charge in [-0.15, -0.1) is 0 Å². The number of methoxy groups -OCH3 is 2. The Morgan fingerprint density at radius 1 is 1.00 bits per heavy atom. The first-order valence-electron chi connectivity index (χ1n) is 15.4. The van der Waals surface area contributed by atoms with E-state index in [9.17, 15) is 9.59 Å². The molecule has 0 unspecified atom stereocenters. The molecule has 232 valence electrons. The van der Waals surface area contributed by atoms with E-state index in [0.717, 1.165) is 58.7 Å². The zero-order valence-corrected chi connectivity index (χ0v) is 26.2. The van der Waals surface area contributed by atoms with Crippen LogP contribution in [-0.4, -0.2) is 101 Å². The lowest BCUT2D eigenvalue weighted by atomic mass is 9.92. The predicted octanol–water partition coefficient (Wildman–Crippen LogP) is 4.10. The number of rotatable bonds is 16. The highest BCUT2D eigenvalue weighted by molar-refractivity contribution is 5.95. The van der Waals surface area contributed by atoms with Crippen LogP contribution >= 0.6 is 0 Å². The third kappa shape index (κ3) is 10.1. The number of amides is 2. The Bertz CT molecular complexity index is 949. The van der Waals surface area contributed by atoms with Crippen LogP contribution in [0.1, 0.15) is 63.7 Å². The summed E-state index contributed by atoms with van der Waals surface area (Å²) in [7, 11) is 3.27. The largest absolute Gasteiger partial charge is 0.493 e. The van der Waals surface area contributed by atoms with Crippen LogP contribution in [0.3, 0.4) is 0 Å². The van der Waals surface area contributed by atoms with Crippen LogP contribution < -0.4 is 14.8 Å². The highest BCUT2D eigenvalue weighted by atomic mass is 16.5. The number of benzene rings is 1. The molecule has 0 bridgehead atoms. The van der Waals surface area contributed by atoms with E-state index in [1.807, 2.05) is 11.0 Å². The van der Waals surface area contributed by atoms with Gasteiger partial charge in [0.15, 0.2) is 11.5 Å². The fourth-order valence-corrected chi connectivity index (χ4v) is 5.80. The lowest BCUT2D eigenvalue weighted by Gasteiger charge is -2.34. The van der Waals surface area contributed by atoms with E-state index in [4.69, 9.17) is 18.9 Å². The molecule has 2 aliphatic rings. The summed E-state index contributed by atoms with van der Waals surface area (Å²) in [4.78, 5) is 31.3. The molecule has 2 amide bonds. The molecule has 0 aliphatic carbocycles. The van der Waals surface area contributed by atoms with Gasteiger partial charge in [0.05, 0.1) is 13.7 Å². The van der Waals surface area contributed by atoms with Crippen molar-refractivity contribution in [3.8, 4) is 11.5 Å². The quantitative estimate of drug-likeness (QED) is 0.297. The van der Waals surface area contributed by atoms with Gasteiger partial charge in [0, 0.05) is 84.1 Å². The third-order valence-corrected chi connectivity index (χ3v) is 8.15. The van der Waals surface area contributed by atoms with Crippen LogP contribution in [-0.2, 0) is 14.3 Å². The second-order valence-corrected chi connectivity index (χ2v) is 12.2. The Morgan fingerprint density at radius 2 is 1.71 bits per heavy atom. The van der Waals surface area contributed by atoms with Gasteiger partial charge in [0.1, 0.15) is 0 Å². The minimum absolute atomic E-state index is 0.0234. The van der Waals surface area contributed by atoms with Gasteiger partial charge < -0.3 is 34.1 Å². The van der Waals surface area contributed by atoms with E-state index in [-0.39, 0.29) is 29.7 Å². The first-order valence-corrected chi connectivity index (χ1v) is 15.4. The SMILES string of the molecule is COCCCOc1cc(C(=O)N(C[C@@H]2CNC[C@@H]2CN(CC(C)C)C(=O)CC2CCOCC2)C(C)C)ccc1OC. The molecule has 0 aromatic heterocycles. The maximum absolute atomic E-state index is 13.8. The first kappa shape index (κ1) is 33.1. The Morgan fingerprint density at radius 3 is 2.34 bits per heavy atom. The van der Waals surface area contributed by atoms with Gasteiger partial charge in [-0.1, -0.05) is 13.8 Å². The normalized spacial score (nSPS) is 19.5. The smallest absolute Gasteiger partial charge is 0.254 e. The van der Waals surface area contributed by atoms with Crippen molar-refractivity contribution < 1.29 is 28.5 Å². The van der Waals surface area contributed by atoms with Crippen molar-refractivity contribution in [3.05, 3.63) is 23.8 Å². The second kappa shape index (κ2) is 16.9. The molecule has 0 spiro atoms. The fourth-order valence-electron chi connectivity index (χ4n) is 5.80. The van der Waals surface area contributed by atoms with E-state index in [1.165, 1.54) is 0 Å². The van der Waals surface area contributed by atoms with E-state index in [0.29, 0.717) is 55.1 Å². The first-order chi connectivity index (χ1) is 19.7. The molecule has 0 radical (unpaired) electrons. The highest BCUT2D eigenvalue weighted by Crippen LogP contribution is 2.30. The molecule has 41 heavy (non-hydrogen) atoms. The van der Waals surface area contributed by atoms with Crippen molar-refractivity contribution in [2.24, 2.45) is 23.7 Å². The molecule has 2 fully saturated rings. The molecular formula is C32H53N3O6. The third-order valence-electron chi connectivity index (χ3n) is 8.15. The van der Waals surface area contributed by atoms with Crippen LogP contribution in [0.2, 0.25) is 0 Å². The van der Waals surface area contributed by atoms with Crippen molar-refractivity contribution in [1.82, 2.24) is 15.1 Å². The molecule has 0 saturated carbocycles. The van der Waals surface area contributed by atoms with Crippen LogP contribution in [0.25, 0.3) is 0 Å². The zero-order chi connectivity index (χ0) is 29.8. The van der Waals surface area contributed by atoms with Gasteiger partial charge in [-0.25, -0.2) is 0 Å². The number of hydrogen-bond acceptors (Lipinski definition) is 7. The standard InChI is InChI=1S/C32H53N3O6/c1-23(2)20-34(31(36)16-25-10-14-40-15-11-25)21-27-18-33-19-28(27)22-35(24(3)4)32(37)26-8-9-29(39-6)30(17-26)41-13-7-12-38-5/h8-9,17,23-25,27-28,33H,7,10-16,18-22H2,1-6H3/t27-,28+/m1/s1. The predicted molar refractivity (Wildman–Crippen MR) is 161 cm³/mol. The Labute approximate surface area is 247 Å². The van der Waals surface area contributed by atoms with Crippen molar-refractivity contribution in [1.29, 1.82) is 0 Å². The average molecular weight is 576 g/mol. The minimum Gasteiger partial charge on any atom is -0.493 e. The number of nitrogens with one attached hydrogen (secondary N) is 1. The lowest BCUT2D eigenvalue weighted by molar-refractivity contribution is -0.134.